The first-order chi connectivity index (χ1) is 14.6. The number of hydrogen-bond acceptors (Lipinski definition) is 4. The van der Waals surface area contributed by atoms with Crippen LogP contribution in [0.1, 0.15) is 21.7 Å². The van der Waals surface area contributed by atoms with Crippen LogP contribution in [-0.2, 0) is 6.54 Å². The molecule has 0 spiro atoms. The van der Waals surface area contributed by atoms with Crippen LogP contribution >= 0.6 is 11.6 Å². The fourth-order valence-corrected chi connectivity index (χ4v) is 3.26. The van der Waals surface area contributed by atoms with Crippen LogP contribution in [0, 0.1) is 0 Å². The highest BCUT2D eigenvalue weighted by Gasteiger charge is 2.17. The molecule has 0 radical (unpaired) electrons. The normalized spacial score (nSPS) is 11.1. The van der Waals surface area contributed by atoms with E-state index < -0.39 is 5.91 Å². The molecule has 148 valence electrons. The Morgan fingerprint density at radius 1 is 1.03 bits per heavy atom. The summed E-state index contributed by atoms with van der Waals surface area (Å²) < 4.78 is 1.36. The number of hydrazone groups is 1. The maximum Gasteiger partial charge on any atom is 0.307 e. The van der Waals surface area contributed by atoms with Gasteiger partial charge in [0.25, 0.3) is 5.56 Å². The molecule has 0 unspecified atom stereocenters. The predicted octanol–water partition coefficient (Wildman–Crippen LogP) is 3.86. The molecule has 0 aliphatic carbocycles. The van der Waals surface area contributed by atoms with Gasteiger partial charge in [-0.2, -0.15) is 5.10 Å². The van der Waals surface area contributed by atoms with Gasteiger partial charge in [0.05, 0.1) is 23.7 Å². The van der Waals surface area contributed by atoms with Crippen LogP contribution in [0.2, 0.25) is 5.02 Å². The molecule has 1 aromatic heterocycles. The number of halogens is 1. The van der Waals surface area contributed by atoms with Crippen molar-refractivity contribution in [1.82, 2.24) is 15.0 Å². The van der Waals surface area contributed by atoms with E-state index in [0.717, 1.165) is 11.1 Å². The number of benzene rings is 3. The molecule has 0 aliphatic rings. The summed E-state index contributed by atoms with van der Waals surface area (Å²) in [6, 6.07) is 23.4. The first kappa shape index (κ1) is 19.5. The van der Waals surface area contributed by atoms with E-state index in [1.807, 2.05) is 30.3 Å². The summed E-state index contributed by atoms with van der Waals surface area (Å²) in [6.07, 6.45) is 1.48. The lowest BCUT2D eigenvalue weighted by atomic mass is 10.2. The minimum Gasteiger partial charge on any atom is -0.283 e. The smallest absolute Gasteiger partial charge is 0.283 e. The average Bonchev–Trinajstić information content (AvgIpc) is 2.76. The number of aromatic nitrogens is 2. The van der Waals surface area contributed by atoms with Crippen molar-refractivity contribution >= 4 is 34.6 Å². The van der Waals surface area contributed by atoms with Gasteiger partial charge in [-0.15, -0.1) is 0 Å². The first-order valence-corrected chi connectivity index (χ1v) is 9.62. The van der Waals surface area contributed by atoms with Crippen molar-refractivity contribution in [3.05, 3.63) is 111 Å². The number of hydrogen-bond donors (Lipinski definition) is 1. The number of carbonyl (C=O) groups is 1. The highest BCUT2D eigenvalue weighted by Crippen LogP contribution is 2.11. The second-order valence-electron chi connectivity index (χ2n) is 6.58. The van der Waals surface area contributed by atoms with Crippen LogP contribution in [0.4, 0.5) is 0 Å². The molecular formula is C23H17ClN4O2. The molecule has 0 saturated heterocycles. The lowest BCUT2D eigenvalue weighted by Gasteiger charge is -2.12. The van der Waals surface area contributed by atoms with Crippen LogP contribution in [0.5, 0.6) is 0 Å². The minimum absolute atomic E-state index is 0.00852. The number of carbonyl (C=O) groups excluding carboxylic acids is 1. The van der Waals surface area contributed by atoms with Gasteiger partial charge in [-0.25, -0.2) is 10.4 Å². The molecule has 3 aromatic carbocycles. The average molecular weight is 417 g/mol. The molecular weight excluding hydrogens is 400 g/mol. The highest BCUT2D eigenvalue weighted by molar-refractivity contribution is 6.30. The van der Waals surface area contributed by atoms with Gasteiger partial charge in [-0.1, -0.05) is 66.2 Å². The zero-order valence-electron chi connectivity index (χ0n) is 15.8. The maximum atomic E-state index is 13.1. The first-order valence-electron chi connectivity index (χ1n) is 9.24. The summed E-state index contributed by atoms with van der Waals surface area (Å²) in [5.74, 6) is -0.585. The molecule has 0 bridgehead atoms. The fraction of sp³-hybridized carbons (Fsp3) is 0.0435. The van der Waals surface area contributed by atoms with Crippen molar-refractivity contribution in [2.24, 2.45) is 5.10 Å². The Kier molecular flexibility index (Phi) is 5.68. The van der Waals surface area contributed by atoms with Gasteiger partial charge in [0.15, 0.2) is 0 Å². The Morgan fingerprint density at radius 3 is 2.60 bits per heavy atom. The van der Waals surface area contributed by atoms with E-state index in [4.69, 9.17) is 11.6 Å². The Hall–Kier alpha value is -3.77. The van der Waals surface area contributed by atoms with E-state index in [1.54, 1.807) is 48.5 Å². The second kappa shape index (κ2) is 8.71. The fourth-order valence-electron chi connectivity index (χ4n) is 3.06. The molecule has 0 fully saturated rings. The van der Waals surface area contributed by atoms with E-state index in [0.29, 0.717) is 15.9 Å². The Balaban J connectivity index is 1.70. The number of nitrogens with one attached hydrogen (secondary N) is 1. The van der Waals surface area contributed by atoms with Crippen LogP contribution in [0.25, 0.3) is 10.9 Å². The lowest BCUT2D eigenvalue weighted by Crippen LogP contribution is -2.32. The van der Waals surface area contributed by atoms with Crippen LogP contribution in [-0.4, -0.2) is 21.7 Å². The molecule has 6 nitrogen and oxygen atoms in total. The monoisotopic (exact) mass is 416 g/mol. The number of para-hydroxylation sites is 1. The van der Waals surface area contributed by atoms with E-state index in [9.17, 15) is 9.59 Å². The summed E-state index contributed by atoms with van der Waals surface area (Å²) in [6.45, 7) is 0.221. The van der Waals surface area contributed by atoms with Gasteiger partial charge >= 0.3 is 5.91 Å². The van der Waals surface area contributed by atoms with Crippen LogP contribution in [0.3, 0.4) is 0 Å². The Labute approximate surface area is 177 Å². The van der Waals surface area contributed by atoms with Crippen molar-refractivity contribution in [1.29, 1.82) is 0 Å². The third-order valence-corrected chi connectivity index (χ3v) is 4.71. The summed E-state index contributed by atoms with van der Waals surface area (Å²) in [5, 5.41) is 5.00. The van der Waals surface area contributed by atoms with Crippen LogP contribution < -0.4 is 11.0 Å². The zero-order valence-corrected chi connectivity index (χ0v) is 16.6. The lowest BCUT2D eigenvalue weighted by molar-refractivity contribution is 0.0939. The standard InChI is InChI=1S/C23H17ClN4O2/c24-18-10-6-9-17(13-18)14-25-27-22(29)21-26-20-12-5-4-11-19(20)23(30)28(21)15-16-7-2-1-3-8-16/h1-14H,15H2,(H,27,29)/b25-14-. The summed E-state index contributed by atoms with van der Waals surface area (Å²) in [5.41, 5.74) is 4.24. The highest BCUT2D eigenvalue weighted by atomic mass is 35.5. The molecule has 30 heavy (non-hydrogen) atoms. The molecule has 0 aliphatic heterocycles. The van der Waals surface area contributed by atoms with Crippen molar-refractivity contribution in [3.63, 3.8) is 0 Å². The third-order valence-electron chi connectivity index (χ3n) is 4.48. The quantitative estimate of drug-likeness (QED) is 0.396. The summed E-state index contributed by atoms with van der Waals surface area (Å²) in [7, 11) is 0. The topological polar surface area (TPSA) is 76.3 Å². The number of amides is 1. The zero-order chi connectivity index (χ0) is 20.9. The van der Waals surface area contributed by atoms with Crippen molar-refractivity contribution in [2.45, 2.75) is 6.54 Å². The molecule has 1 N–H and O–H groups in total. The van der Waals surface area contributed by atoms with Gasteiger partial charge < -0.3 is 0 Å². The van der Waals surface area contributed by atoms with Crippen molar-refractivity contribution in [2.75, 3.05) is 0 Å². The Morgan fingerprint density at radius 2 is 1.80 bits per heavy atom. The molecule has 7 heteroatoms. The van der Waals surface area contributed by atoms with Gasteiger partial charge in [0.1, 0.15) is 0 Å². The largest absolute Gasteiger partial charge is 0.307 e. The van der Waals surface area contributed by atoms with E-state index in [-0.39, 0.29) is 17.9 Å². The number of fused-ring (bicyclic) bond motifs is 1. The molecule has 1 heterocycles. The third kappa shape index (κ3) is 4.29. The molecule has 4 rings (SSSR count). The summed E-state index contributed by atoms with van der Waals surface area (Å²) >= 11 is 5.96. The van der Waals surface area contributed by atoms with Gasteiger partial charge in [-0.05, 0) is 35.4 Å². The second-order valence-corrected chi connectivity index (χ2v) is 7.02. The molecule has 0 saturated carbocycles. The Bertz CT molecular complexity index is 1300. The molecule has 1 amide bonds. The molecule has 4 aromatic rings. The van der Waals surface area contributed by atoms with Gasteiger partial charge in [0.2, 0.25) is 5.82 Å². The molecule has 0 atom stereocenters. The minimum atomic E-state index is -0.577. The number of rotatable bonds is 5. The van der Waals surface area contributed by atoms with E-state index in [1.165, 1.54) is 10.8 Å². The predicted molar refractivity (Wildman–Crippen MR) is 118 cm³/mol. The van der Waals surface area contributed by atoms with Gasteiger partial charge in [-0.3, -0.25) is 14.2 Å². The van der Waals surface area contributed by atoms with E-state index >= 15 is 0 Å². The summed E-state index contributed by atoms with van der Waals surface area (Å²) in [4.78, 5) is 30.3. The van der Waals surface area contributed by atoms with Crippen LogP contribution in [0.15, 0.2) is 88.8 Å². The van der Waals surface area contributed by atoms with Gasteiger partial charge in [0, 0.05) is 5.02 Å². The van der Waals surface area contributed by atoms with Crippen molar-refractivity contribution < 1.29 is 4.79 Å². The SMILES string of the molecule is O=C(N/N=C\c1cccc(Cl)c1)c1nc2ccccc2c(=O)n1Cc1ccccc1. The maximum absolute atomic E-state index is 13.1. The van der Waals surface area contributed by atoms with E-state index in [2.05, 4.69) is 15.5 Å². The number of nitrogens with zero attached hydrogens (tertiary/aromatic N) is 3. The van der Waals surface area contributed by atoms with Crippen molar-refractivity contribution in [3.8, 4) is 0 Å².